The molecule has 1 heterocycles. The van der Waals surface area contributed by atoms with Crippen LogP contribution in [0, 0.1) is 5.92 Å². The van der Waals surface area contributed by atoms with Crippen LogP contribution in [-0.2, 0) is 4.79 Å². The molecule has 3 rings (SSSR count). The average molecular weight is 356 g/mol. The van der Waals surface area contributed by atoms with Crippen molar-refractivity contribution in [3.05, 3.63) is 40.7 Å². The van der Waals surface area contributed by atoms with Crippen LogP contribution in [0.1, 0.15) is 45.4 Å². The number of carbonyl (C=O) groups excluding carboxylic acids is 1. The number of H-pyrrole nitrogens is 1. The second kappa shape index (κ2) is 8.39. The summed E-state index contributed by atoms with van der Waals surface area (Å²) in [5, 5.41) is 0.934. The molecule has 0 bridgehead atoms. The van der Waals surface area contributed by atoms with Gasteiger partial charge in [0, 0.05) is 36.5 Å². The Balaban J connectivity index is 1.46. The van der Waals surface area contributed by atoms with E-state index in [0.29, 0.717) is 31.4 Å². The molecule has 0 spiro atoms. The first kappa shape index (κ1) is 18.5. The summed E-state index contributed by atoms with van der Waals surface area (Å²) in [5.41, 5.74) is 0.685. The van der Waals surface area contributed by atoms with Crippen LogP contribution in [0.3, 0.4) is 0 Å². The number of amides is 1. The van der Waals surface area contributed by atoms with Crippen molar-refractivity contribution >= 4 is 16.8 Å². The summed E-state index contributed by atoms with van der Waals surface area (Å²) >= 11 is 0. The molecule has 2 atom stereocenters. The lowest BCUT2D eigenvalue weighted by Crippen LogP contribution is -2.42. The summed E-state index contributed by atoms with van der Waals surface area (Å²) < 4.78 is 5.78. The molecule has 1 aliphatic carbocycles. The Kier molecular flexibility index (Phi) is 5.96. The van der Waals surface area contributed by atoms with Crippen LogP contribution in [0.5, 0.6) is 5.75 Å². The number of nitrogens with one attached hydrogen (secondary N) is 1. The van der Waals surface area contributed by atoms with Crippen molar-refractivity contribution < 1.29 is 9.53 Å². The summed E-state index contributed by atoms with van der Waals surface area (Å²) in [4.78, 5) is 28.5. The molecule has 2 unspecified atom stereocenters. The molecule has 1 aliphatic rings. The van der Waals surface area contributed by atoms with Gasteiger partial charge in [0.05, 0.1) is 6.61 Å². The lowest BCUT2D eigenvalue weighted by Gasteiger charge is -2.36. The third-order valence-corrected chi connectivity index (χ3v) is 5.46. The number of carbonyl (C=O) groups is 1. The molecule has 1 N–H and O–H groups in total. The van der Waals surface area contributed by atoms with E-state index in [9.17, 15) is 9.59 Å². The fourth-order valence-electron chi connectivity index (χ4n) is 3.87. The predicted octanol–water partition coefficient (Wildman–Crippen LogP) is 3.72. The zero-order valence-corrected chi connectivity index (χ0v) is 15.7. The zero-order valence-electron chi connectivity index (χ0n) is 15.7. The summed E-state index contributed by atoms with van der Waals surface area (Å²) in [6, 6.07) is 9.27. The number of benzene rings is 1. The highest BCUT2D eigenvalue weighted by molar-refractivity contribution is 5.79. The molecular weight excluding hydrogens is 328 g/mol. The van der Waals surface area contributed by atoms with E-state index in [1.54, 1.807) is 6.07 Å². The highest BCUT2D eigenvalue weighted by atomic mass is 16.5. The average Bonchev–Trinajstić information content (AvgIpc) is 2.65. The van der Waals surface area contributed by atoms with Crippen molar-refractivity contribution in [1.29, 1.82) is 0 Å². The number of ether oxygens (including phenoxy) is 1. The first-order chi connectivity index (χ1) is 12.5. The summed E-state index contributed by atoms with van der Waals surface area (Å²) in [6.45, 7) is 2.76. The van der Waals surface area contributed by atoms with Gasteiger partial charge in [0.1, 0.15) is 5.75 Å². The Bertz CT molecular complexity index is 814. The Morgan fingerprint density at radius 1 is 1.23 bits per heavy atom. The lowest BCUT2D eigenvalue weighted by atomic mass is 9.85. The smallest absolute Gasteiger partial charge is 0.248 e. The van der Waals surface area contributed by atoms with Crippen molar-refractivity contribution in [2.75, 3.05) is 13.7 Å². The number of nitrogens with zero attached hydrogens (tertiary/aromatic N) is 1. The normalized spacial score (nSPS) is 20.1. The molecule has 0 radical (unpaired) electrons. The van der Waals surface area contributed by atoms with E-state index in [1.165, 1.54) is 25.3 Å². The van der Waals surface area contributed by atoms with Crippen molar-refractivity contribution in [2.45, 2.75) is 51.5 Å². The Morgan fingerprint density at radius 3 is 2.85 bits per heavy atom. The molecule has 1 saturated carbocycles. The van der Waals surface area contributed by atoms with Crippen LogP contribution in [0.4, 0.5) is 0 Å². The molecule has 26 heavy (non-hydrogen) atoms. The van der Waals surface area contributed by atoms with Gasteiger partial charge in [0.2, 0.25) is 11.5 Å². The van der Waals surface area contributed by atoms with Crippen LogP contribution in [0.2, 0.25) is 0 Å². The highest BCUT2D eigenvalue weighted by Gasteiger charge is 2.27. The maximum absolute atomic E-state index is 12.4. The predicted molar refractivity (Wildman–Crippen MR) is 103 cm³/mol. The van der Waals surface area contributed by atoms with Gasteiger partial charge in [-0.05, 0) is 49.4 Å². The number of fused-ring (bicyclic) bond motifs is 1. The highest BCUT2D eigenvalue weighted by Crippen LogP contribution is 2.27. The van der Waals surface area contributed by atoms with E-state index in [0.717, 1.165) is 23.1 Å². The SMILES string of the molecule is CC1CCCCC1N(C)C(=O)CCCOc1ccc2[nH]c(=O)ccc2c1. The van der Waals surface area contributed by atoms with E-state index in [-0.39, 0.29) is 11.5 Å². The molecular formula is C21H28N2O3. The summed E-state index contributed by atoms with van der Waals surface area (Å²) in [6.07, 6.45) is 6.07. The minimum absolute atomic E-state index is 0.110. The van der Waals surface area contributed by atoms with Crippen molar-refractivity contribution in [3.63, 3.8) is 0 Å². The number of rotatable bonds is 6. The van der Waals surface area contributed by atoms with Crippen molar-refractivity contribution in [3.8, 4) is 5.75 Å². The maximum atomic E-state index is 12.4. The second-order valence-electron chi connectivity index (χ2n) is 7.36. The largest absolute Gasteiger partial charge is 0.494 e. The van der Waals surface area contributed by atoms with Gasteiger partial charge in [-0.15, -0.1) is 0 Å². The first-order valence-electron chi connectivity index (χ1n) is 9.56. The van der Waals surface area contributed by atoms with Gasteiger partial charge >= 0.3 is 0 Å². The van der Waals surface area contributed by atoms with Crippen LogP contribution in [0.25, 0.3) is 10.9 Å². The standard InChI is InChI=1S/C21H28N2O3/c1-15-6-3-4-7-19(15)23(2)21(25)8-5-13-26-17-10-11-18-16(14-17)9-12-20(24)22-18/h9-12,14-15,19H,3-8,13H2,1-2H3,(H,22,24). The Hall–Kier alpha value is -2.30. The monoisotopic (exact) mass is 356 g/mol. The van der Waals surface area contributed by atoms with E-state index in [4.69, 9.17) is 4.74 Å². The molecule has 1 aromatic heterocycles. The second-order valence-corrected chi connectivity index (χ2v) is 7.36. The van der Waals surface area contributed by atoms with Crippen LogP contribution >= 0.6 is 0 Å². The maximum Gasteiger partial charge on any atom is 0.248 e. The number of hydrogen-bond donors (Lipinski definition) is 1. The van der Waals surface area contributed by atoms with Crippen molar-refractivity contribution in [2.24, 2.45) is 5.92 Å². The molecule has 2 aromatic rings. The fraction of sp³-hybridized carbons (Fsp3) is 0.524. The molecule has 5 nitrogen and oxygen atoms in total. The molecule has 5 heteroatoms. The van der Waals surface area contributed by atoms with Crippen LogP contribution in [0.15, 0.2) is 35.1 Å². The molecule has 1 fully saturated rings. The van der Waals surface area contributed by atoms with Gasteiger partial charge in [0.25, 0.3) is 0 Å². The summed E-state index contributed by atoms with van der Waals surface area (Å²) in [5.74, 6) is 1.56. The Morgan fingerprint density at radius 2 is 2.04 bits per heavy atom. The van der Waals surface area contributed by atoms with Gasteiger partial charge in [0.15, 0.2) is 0 Å². The van der Waals surface area contributed by atoms with E-state index in [1.807, 2.05) is 30.1 Å². The number of aromatic nitrogens is 1. The van der Waals surface area contributed by atoms with Gasteiger partial charge in [-0.25, -0.2) is 0 Å². The Labute approximate surface area is 154 Å². The van der Waals surface area contributed by atoms with E-state index >= 15 is 0 Å². The van der Waals surface area contributed by atoms with Gasteiger partial charge < -0.3 is 14.6 Å². The molecule has 140 valence electrons. The minimum atomic E-state index is -0.110. The van der Waals surface area contributed by atoms with Gasteiger partial charge in [-0.3, -0.25) is 9.59 Å². The number of pyridine rings is 1. The third kappa shape index (κ3) is 4.45. The van der Waals surface area contributed by atoms with Gasteiger partial charge in [-0.1, -0.05) is 19.8 Å². The fourth-order valence-corrected chi connectivity index (χ4v) is 3.87. The van der Waals surface area contributed by atoms with Gasteiger partial charge in [-0.2, -0.15) is 0 Å². The topological polar surface area (TPSA) is 62.4 Å². The lowest BCUT2D eigenvalue weighted by molar-refractivity contribution is -0.133. The van der Waals surface area contributed by atoms with Crippen molar-refractivity contribution in [1.82, 2.24) is 9.88 Å². The number of hydrogen-bond acceptors (Lipinski definition) is 3. The molecule has 1 aromatic carbocycles. The molecule has 0 aliphatic heterocycles. The van der Waals surface area contributed by atoms with E-state index in [2.05, 4.69) is 11.9 Å². The van der Waals surface area contributed by atoms with Crippen LogP contribution in [-0.4, -0.2) is 35.5 Å². The first-order valence-corrected chi connectivity index (χ1v) is 9.56. The van der Waals surface area contributed by atoms with Crippen LogP contribution < -0.4 is 10.3 Å². The zero-order chi connectivity index (χ0) is 18.5. The van der Waals surface area contributed by atoms with E-state index < -0.39 is 0 Å². The molecule has 1 amide bonds. The summed E-state index contributed by atoms with van der Waals surface area (Å²) in [7, 11) is 1.94. The minimum Gasteiger partial charge on any atom is -0.494 e. The number of aromatic amines is 1. The third-order valence-electron chi connectivity index (χ3n) is 5.46. The quantitative estimate of drug-likeness (QED) is 0.802. The molecule has 0 saturated heterocycles.